The summed E-state index contributed by atoms with van der Waals surface area (Å²) in [6.45, 7) is 7.29. The van der Waals surface area contributed by atoms with Gasteiger partial charge in [0.2, 0.25) is 0 Å². The lowest BCUT2D eigenvalue weighted by atomic mass is 10.2. The third-order valence-corrected chi connectivity index (χ3v) is 3.20. The van der Waals surface area contributed by atoms with Gasteiger partial charge in [0.25, 0.3) is 0 Å². The molecule has 0 bridgehead atoms. The van der Waals surface area contributed by atoms with Gasteiger partial charge in [-0.2, -0.15) is 11.8 Å². The third-order valence-electron chi connectivity index (χ3n) is 2.36. The molecule has 0 heterocycles. The molecule has 0 aliphatic rings. The number of thioether (sulfide) groups is 1. The summed E-state index contributed by atoms with van der Waals surface area (Å²) < 4.78 is 5.43. The smallest absolute Gasteiger partial charge is 0.119 e. The van der Waals surface area contributed by atoms with Crippen LogP contribution in [0.2, 0.25) is 0 Å². The van der Waals surface area contributed by atoms with Crippen molar-refractivity contribution < 1.29 is 4.74 Å². The topological polar surface area (TPSA) is 21.3 Å². The van der Waals surface area contributed by atoms with Gasteiger partial charge in [-0.1, -0.05) is 24.8 Å². The predicted molar refractivity (Wildman–Crippen MR) is 76.8 cm³/mol. The molecular weight excluding hydrogens is 230 g/mol. The Morgan fingerprint density at radius 2 is 2.12 bits per heavy atom. The molecule has 3 heteroatoms. The van der Waals surface area contributed by atoms with Crippen LogP contribution in [0.4, 0.5) is 0 Å². The van der Waals surface area contributed by atoms with Crippen molar-refractivity contribution in [2.45, 2.75) is 19.5 Å². The van der Waals surface area contributed by atoms with Crippen LogP contribution < -0.4 is 10.1 Å². The predicted octanol–water partition coefficient (Wildman–Crippen LogP) is 3.09. The van der Waals surface area contributed by atoms with E-state index in [0.29, 0.717) is 12.6 Å². The Bertz CT molecular complexity index is 323. The minimum absolute atomic E-state index is 0.543. The second kappa shape index (κ2) is 8.20. The van der Waals surface area contributed by atoms with Crippen molar-refractivity contribution in [3.8, 4) is 5.75 Å². The summed E-state index contributed by atoms with van der Waals surface area (Å²) in [5.41, 5.74) is 1.28. The van der Waals surface area contributed by atoms with Crippen LogP contribution in [0.5, 0.6) is 5.75 Å². The van der Waals surface area contributed by atoms with Crippen LogP contribution in [-0.2, 0) is 6.54 Å². The van der Waals surface area contributed by atoms with Crippen LogP contribution in [0.15, 0.2) is 36.9 Å². The van der Waals surface area contributed by atoms with Crippen molar-refractivity contribution in [3.05, 3.63) is 42.5 Å². The normalized spacial score (nSPS) is 12.1. The van der Waals surface area contributed by atoms with Crippen LogP contribution in [0, 0.1) is 0 Å². The van der Waals surface area contributed by atoms with Crippen molar-refractivity contribution in [1.29, 1.82) is 0 Å². The minimum Gasteiger partial charge on any atom is -0.490 e. The number of rotatable bonds is 8. The number of hydrogen-bond acceptors (Lipinski definition) is 3. The van der Waals surface area contributed by atoms with E-state index >= 15 is 0 Å². The molecule has 0 saturated carbocycles. The van der Waals surface area contributed by atoms with Gasteiger partial charge in [-0.15, -0.1) is 0 Å². The average molecular weight is 251 g/mol. The zero-order valence-corrected chi connectivity index (χ0v) is 11.4. The maximum absolute atomic E-state index is 5.43. The molecule has 0 spiro atoms. The highest BCUT2D eigenvalue weighted by atomic mass is 32.2. The molecule has 0 fully saturated rings. The maximum Gasteiger partial charge on any atom is 0.119 e. The van der Waals surface area contributed by atoms with E-state index in [1.165, 1.54) is 5.56 Å². The Labute approximate surface area is 108 Å². The lowest BCUT2D eigenvalue weighted by Gasteiger charge is -2.12. The Hall–Kier alpha value is -0.930. The molecule has 0 aromatic heterocycles. The van der Waals surface area contributed by atoms with Crippen LogP contribution >= 0.6 is 11.8 Å². The number of nitrogens with one attached hydrogen (secondary N) is 1. The van der Waals surface area contributed by atoms with E-state index in [1.807, 2.05) is 23.9 Å². The quantitative estimate of drug-likeness (QED) is 0.717. The molecule has 2 nitrogen and oxygen atoms in total. The van der Waals surface area contributed by atoms with Gasteiger partial charge in [-0.25, -0.2) is 0 Å². The third kappa shape index (κ3) is 5.80. The lowest BCUT2D eigenvalue weighted by Crippen LogP contribution is -2.27. The van der Waals surface area contributed by atoms with Crippen LogP contribution in [0.25, 0.3) is 0 Å². The summed E-state index contributed by atoms with van der Waals surface area (Å²) >= 11 is 1.86. The van der Waals surface area contributed by atoms with Gasteiger partial charge < -0.3 is 10.1 Å². The Morgan fingerprint density at radius 1 is 1.41 bits per heavy atom. The summed E-state index contributed by atoms with van der Waals surface area (Å²) in [6.07, 6.45) is 3.88. The lowest BCUT2D eigenvalue weighted by molar-refractivity contribution is 0.363. The summed E-state index contributed by atoms with van der Waals surface area (Å²) in [6, 6.07) is 8.73. The standard InChI is InChI=1S/C14H21NOS/c1-4-9-16-14-7-5-13(6-8-14)10-15-12(2)11-17-3/h4-8,12,15H,1,9-11H2,2-3H3. The number of ether oxygens (including phenoxy) is 1. The molecular formula is C14H21NOS. The first-order valence-corrected chi connectivity index (χ1v) is 7.20. The molecule has 1 unspecified atom stereocenters. The highest BCUT2D eigenvalue weighted by molar-refractivity contribution is 7.98. The van der Waals surface area contributed by atoms with Crippen molar-refractivity contribution in [1.82, 2.24) is 5.32 Å². The molecule has 0 aliphatic heterocycles. The van der Waals surface area contributed by atoms with Crippen molar-refractivity contribution in [2.75, 3.05) is 18.6 Å². The van der Waals surface area contributed by atoms with E-state index in [0.717, 1.165) is 18.0 Å². The van der Waals surface area contributed by atoms with Gasteiger partial charge in [0.15, 0.2) is 0 Å². The van der Waals surface area contributed by atoms with Crippen LogP contribution in [-0.4, -0.2) is 24.7 Å². The van der Waals surface area contributed by atoms with E-state index in [1.54, 1.807) is 6.08 Å². The second-order valence-electron chi connectivity index (χ2n) is 3.98. The van der Waals surface area contributed by atoms with Gasteiger partial charge in [0.1, 0.15) is 12.4 Å². The fourth-order valence-electron chi connectivity index (χ4n) is 1.46. The average Bonchev–Trinajstić information content (AvgIpc) is 2.35. The first-order chi connectivity index (χ1) is 8.26. The molecule has 1 aromatic rings. The van der Waals surface area contributed by atoms with Crippen molar-refractivity contribution >= 4 is 11.8 Å². The fraction of sp³-hybridized carbons (Fsp3) is 0.429. The number of hydrogen-bond donors (Lipinski definition) is 1. The van der Waals surface area contributed by atoms with Crippen LogP contribution in [0.3, 0.4) is 0 Å². The van der Waals surface area contributed by atoms with Gasteiger partial charge >= 0.3 is 0 Å². The van der Waals surface area contributed by atoms with Crippen LogP contribution in [0.1, 0.15) is 12.5 Å². The SMILES string of the molecule is C=CCOc1ccc(CNC(C)CSC)cc1. The molecule has 0 saturated heterocycles. The van der Waals surface area contributed by atoms with Gasteiger partial charge in [0, 0.05) is 18.3 Å². The number of benzene rings is 1. The summed E-state index contributed by atoms with van der Waals surface area (Å²) in [5, 5.41) is 3.48. The van der Waals surface area contributed by atoms with E-state index in [4.69, 9.17) is 4.74 Å². The van der Waals surface area contributed by atoms with Crippen molar-refractivity contribution in [2.24, 2.45) is 0 Å². The summed E-state index contributed by atoms with van der Waals surface area (Å²) in [4.78, 5) is 0. The van der Waals surface area contributed by atoms with Gasteiger partial charge in [-0.05, 0) is 30.9 Å². The molecule has 1 N–H and O–H groups in total. The first kappa shape index (κ1) is 14.1. The fourth-order valence-corrected chi connectivity index (χ4v) is 2.08. The molecule has 1 aromatic carbocycles. The van der Waals surface area contributed by atoms with E-state index < -0.39 is 0 Å². The maximum atomic E-state index is 5.43. The zero-order chi connectivity index (χ0) is 12.5. The monoisotopic (exact) mass is 251 g/mol. The molecule has 94 valence electrons. The van der Waals surface area contributed by atoms with Gasteiger partial charge in [0.05, 0.1) is 0 Å². The minimum atomic E-state index is 0.543. The highest BCUT2D eigenvalue weighted by Crippen LogP contribution is 2.12. The van der Waals surface area contributed by atoms with Gasteiger partial charge in [-0.3, -0.25) is 0 Å². The molecule has 0 amide bonds. The molecule has 1 rings (SSSR count). The van der Waals surface area contributed by atoms with Crippen molar-refractivity contribution in [3.63, 3.8) is 0 Å². The second-order valence-corrected chi connectivity index (χ2v) is 4.89. The van der Waals surface area contributed by atoms with E-state index in [2.05, 4.69) is 37.2 Å². The Morgan fingerprint density at radius 3 is 2.71 bits per heavy atom. The summed E-state index contributed by atoms with van der Waals surface area (Å²) in [5.74, 6) is 2.03. The molecule has 0 radical (unpaired) electrons. The molecule has 0 aliphatic carbocycles. The largest absolute Gasteiger partial charge is 0.490 e. The first-order valence-electron chi connectivity index (χ1n) is 5.81. The Balaban J connectivity index is 2.37. The van der Waals surface area contributed by atoms with E-state index in [-0.39, 0.29) is 0 Å². The Kier molecular flexibility index (Phi) is 6.82. The molecule has 17 heavy (non-hydrogen) atoms. The van der Waals surface area contributed by atoms with E-state index in [9.17, 15) is 0 Å². The summed E-state index contributed by atoms with van der Waals surface area (Å²) in [7, 11) is 0. The zero-order valence-electron chi connectivity index (χ0n) is 10.6. The molecule has 1 atom stereocenters. The highest BCUT2D eigenvalue weighted by Gasteiger charge is 2.00.